The topological polar surface area (TPSA) is 12.4 Å². The molecule has 220 valence electrons. The average Bonchev–Trinajstić information content (AvgIpc) is 3.61. The summed E-state index contributed by atoms with van der Waals surface area (Å²) < 4.78 is 0. The van der Waals surface area contributed by atoms with E-state index < -0.39 is 5.41 Å². The van der Waals surface area contributed by atoms with Crippen LogP contribution in [0.25, 0.3) is 27.8 Å². The number of benzene rings is 7. The van der Waals surface area contributed by atoms with E-state index in [1.54, 1.807) is 0 Å². The monoisotopic (exact) mass is 597 g/mol. The minimum atomic E-state index is -0.477. The fraction of sp³-hybridized carbons (Fsp3) is 0.0217. The molecule has 1 atom stereocenters. The van der Waals surface area contributed by atoms with Gasteiger partial charge in [-0.25, -0.2) is 4.99 Å². The van der Waals surface area contributed by atoms with Crippen molar-refractivity contribution in [3.8, 4) is 22.3 Å². The van der Waals surface area contributed by atoms with Crippen LogP contribution in [-0.4, -0.2) is 5.71 Å². The van der Waals surface area contributed by atoms with Gasteiger partial charge in [-0.05, 0) is 85.5 Å². The SMILES string of the molecule is C=C(c1ccccc1)c1ccc2c(c1)C1(c3ccccc3-2)c2ccccc2-c2ccc(C(=Nc3ccccc3)c3ccccc3)cc21. The predicted octanol–water partition coefficient (Wildman–Crippen LogP) is 11.3. The summed E-state index contributed by atoms with van der Waals surface area (Å²) in [5, 5.41) is 0. The van der Waals surface area contributed by atoms with E-state index in [4.69, 9.17) is 4.99 Å². The summed E-state index contributed by atoms with van der Waals surface area (Å²) in [4.78, 5) is 5.25. The van der Waals surface area contributed by atoms with E-state index in [9.17, 15) is 0 Å². The molecular formula is C46H31N. The van der Waals surface area contributed by atoms with Crippen LogP contribution < -0.4 is 0 Å². The van der Waals surface area contributed by atoms with Gasteiger partial charge in [-0.15, -0.1) is 0 Å². The molecular weight excluding hydrogens is 567 g/mol. The van der Waals surface area contributed by atoms with E-state index in [0.717, 1.165) is 39.2 Å². The maximum absolute atomic E-state index is 5.25. The van der Waals surface area contributed by atoms with Crippen molar-refractivity contribution >= 4 is 17.0 Å². The van der Waals surface area contributed by atoms with Crippen LogP contribution in [0.2, 0.25) is 0 Å². The first-order valence-electron chi connectivity index (χ1n) is 16.2. The van der Waals surface area contributed by atoms with Crippen LogP contribution in [0.3, 0.4) is 0 Å². The molecule has 2 aliphatic carbocycles. The molecule has 0 fully saturated rings. The van der Waals surface area contributed by atoms with Gasteiger partial charge in [0.25, 0.3) is 0 Å². The number of rotatable bonds is 5. The summed E-state index contributed by atoms with van der Waals surface area (Å²) in [6.07, 6.45) is 0. The highest BCUT2D eigenvalue weighted by atomic mass is 14.7. The van der Waals surface area contributed by atoms with Gasteiger partial charge in [-0.1, -0.05) is 158 Å². The van der Waals surface area contributed by atoms with E-state index in [2.05, 4.69) is 164 Å². The zero-order valence-corrected chi connectivity index (χ0v) is 25.9. The third-order valence-corrected chi connectivity index (χ3v) is 9.88. The van der Waals surface area contributed by atoms with Crippen molar-refractivity contribution in [3.05, 3.63) is 227 Å². The maximum atomic E-state index is 5.25. The Balaban J connectivity index is 1.33. The molecule has 0 amide bonds. The van der Waals surface area contributed by atoms with Crippen LogP contribution in [0.4, 0.5) is 5.69 Å². The summed E-state index contributed by atoms with van der Waals surface area (Å²) in [7, 11) is 0. The summed E-state index contributed by atoms with van der Waals surface area (Å²) in [5.74, 6) is 0. The molecule has 0 radical (unpaired) electrons. The van der Waals surface area contributed by atoms with Crippen LogP contribution in [0, 0.1) is 0 Å². The number of aliphatic imine (C=N–C) groups is 1. The molecule has 0 saturated heterocycles. The number of para-hydroxylation sites is 1. The average molecular weight is 598 g/mol. The Kier molecular flexibility index (Phi) is 6.26. The normalized spacial score (nSPS) is 15.5. The van der Waals surface area contributed by atoms with Gasteiger partial charge in [0.05, 0.1) is 16.8 Å². The molecule has 9 rings (SSSR count). The van der Waals surface area contributed by atoms with Crippen molar-refractivity contribution in [2.24, 2.45) is 4.99 Å². The second-order valence-corrected chi connectivity index (χ2v) is 12.4. The van der Waals surface area contributed by atoms with Crippen LogP contribution in [-0.2, 0) is 5.41 Å². The largest absolute Gasteiger partial charge is 0.248 e. The van der Waals surface area contributed by atoms with E-state index in [1.807, 2.05) is 18.2 Å². The van der Waals surface area contributed by atoms with Gasteiger partial charge in [0.15, 0.2) is 0 Å². The molecule has 1 nitrogen and oxygen atoms in total. The number of hydrogen-bond donors (Lipinski definition) is 0. The lowest BCUT2D eigenvalue weighted by molar-refractivity contribution is 0.793. The Morgan fingerprint density at radius 3 is 1.43 bits per heavy atom. The molecule has 2 aliphatic rings. The predicted molar refractivity (Wildman–Crippen MR) is 196 cm³/mol. The molecule has 0 aromatic heterocycles. The quantitative estimate of drug-likeness (QED) is 0.175. The van der Waals surface area contributed by atoms with E-state index in [1.165, 1.54) is 44.5 Å². The van der Waals surface area contributed by atoms with Gasteiger partial charge < -0.3 is 0 Å². The molecule has 1 heteroatoms. The van der Waals surface area contributed by atoms with Crippen LogP contribution in [0.15, 0.2) is 187 Å². The minimum absolute atomic E-state index is 0.477. The van der Waals surface area contributed by atoms with Gasteiger partial charge in [0.1, 0.15) is 0 Å². The van der Waals surface area contributed by atoms with Crippen molar-refractivity contribution in [1.82, 2.24) is 0 Å². The number of nitrogens with zero attached hydrogens (tertiary/aromatic N) is 1. The highest BCUT2D eigenvalue weighted by Crippen LogP contribution is 2.63. The maximum Gasteiger partial charge on any atom is 0.0781 e. The molecule has 1 unspecified atom stereocenters. The van der Waals surface area contributed by atoms with Gasteiger partial charge in [0.2, 0.25) is 0 Å². The second-order valence-electron chi connectivity index (χ2n) is 12.4. The third kappa shape index (κ3) is 4.14. The van der Waals surface area contributed by atoms with Crippen LogP contribution in [0.5, 0.6) is 0 Å². The third-order valence-electron chi connectivity index (χ3n) is 9.88. The summed E-state index contributed by atoms with van der Waals surface area (Å²) in [6, 6.07) is 63.2. The molecule has 0 aliphatic heterocycles. The Labute approximate surface area is 275 Å². The smallest absolute Gasteiger partial charge is 0.0781 e. The van der Waals surface area contributed by atoms with Gasteiger partial charge >= 0.3 is 0 Å². The fourth-order valence-corrected chi connectivity index (χ4v) is 7.80. The number of hydrogen-bond acceptors (Lipinski definition) is 1. The number of fused-ring (bicyclic) bond motifs is 10. The van der Waals surface area contributed by atoms with Gasteiger partial charge in [-0.3, -0.25) is 0 Å². The Morgan fingerprint density at radius 2 is 0.830 bits per heavy atom. The Hall–Kier alpha value is -6.05. The molecule has 7 aromatic carbocycles. The zero-order chi connectivity index (χ0) is 31.4. The lowest BCUT2D eigenvalue weighted by Gasteiger charge is -2.31. The molecule has 47 heavy (non-hydrogen) atoms. The highest BCUT2D eigenvalue weighted by Gasteiger charge is 2.51. The molecule has 0 heterocycles. The Morgan fingerprint density at radius 1 is 0.383 bits per heavy atom. The minimum Gasteiger partial charge on any atom is -0.248 e. The summed E-state index contributed by atoms with van der Waals surface area (Å²) >= 11 is 0. The van der Waals surface area contributed by atoms with Crippen molar-refractivity contribution in [2.75, 3.05) is 0 Å². The van der Waals surface area contributed by atoms with Crippen molar-refractivity contribution < 1.29 is 0 Å². The molecule has 7 aromatic rings. The lowest BCUT2D eigenvalue weighted by atomic mass is 9.70. The second kappa shape index (κ2) is 10.8. The molecule has 1 spiro atoms. The van der Waals surface area contributed by atoms with E-state index in [-0.39, 0.29) is 0 Å². The van der Waals surface area contributed by atoms with Gasteiger partial charge in [-0.2, -0.15) is 0 Å². The van der Waals surface area contributed by atoms with Gasteiger partial charge in [0, 0.05) is 11.1 Å². The lowest BCUT2D eigenvalue weighted by Crippen LogP contribution is -2.26. The fourth-order valence-electron chi connectivity index (χ4n) is 7.80. The van der Waals surface area contributed by atoms with Crippen molar-refractivity contribution in [3.63, 3.8) is 0 Å². The Bertz CT molecular complexity index is 2340. The summed E-state index contributed by atoms with van der Waals surface area (Å²) in [5.41, 5.74) is 17.3. The van der Waals surface area contributed by atoms with E-state index >= 15 is 0 Å². The highest BCUT2D eigenvalue weighted by molar-refractivity contribution is 6.14. The molecule has 0 saturated carbocycles. The zero-order valence-electron chi connectivity index (χ0n) is 25.9. The molecule has 0 N–H and O–H groups in total. The van der Waals surface area contributed by atoms with Crippen LogP contribution >= 0.6 is 0 Å². The van der Waals surface area contributed by atoms with Crippen molar-refractivity contribution in [2.45, 2.75) is 5.41 Å². The van der Waals surface area contributed by atoms with Crippen LogP contribution in [0.1, 0.15) is 44.5 Å². The molecule has 0 bridgehead atoms. The van der Waals surface area contributed by atoms with E-state index in [0.29, 0.717) is 0 Å². The first kappa shape index (κ1) is 27.3. The standard InChI is InChI=1S/C46H31N/c1-31(32-15-5-2-6-16-32)34-25-27-39-37-21-11-13-23-41(37)46(43(39)29-34)42-24-14-12-22-38(42)40-28-26-35(30-44(40)46)45(33-17-7-3-8-18-33)47-36-19-9-4-10-20-36/h2-30H,1H2. The first-order valence-corrected chi connectivity index (χ1v) is 16.2. The summed E-state index contributed by atoms with van der Waals surface area (Å²) in [6.45, 7) is 4.57. The van der Waals surface area contributed by atoms with Crippen molar-refractivity contribution in [1.29, 1.82) is 0 Å². The first-order chi connectivity index (χ1) is 23.2.